The number of piperidine rings is 1. The van der Waals surface area contributed by atoms with Gasteiger partial charge in [0, 0.05) is 28.5 Å². The molecular weight excluding hydrogens is 430 g/mol. The fourth-order valence-electron chi connectivity index (χ4n) is 3.92. The number of carbonyl (C=O) groups is 1. The summed E-state index contributed by atoms with van der Waals surface area (Å²) in [5.41, 5.74) is 1.29. The van der Waals surface area contributed by atoms with Crippen molar-refractivity contribution in [3.05, 3.63) is 64.8 Å². The Kier molecular flexibility index (Phi) is 6.11. The van der Waals surface area contributed by atoms with Gasteiger partial charge in [-0.15, -0.1) is 0 Å². The third kappa shape index (κ3) is 4.60. The van der Waals surface area contributed by atoms with E-state index in [4.69, 9.17) is 4.74 Å². The van der Waals surface area contributed by atoms with Crippen LogP contribution in [0.5, 0.6) is 5.75 Å². The molecule has 150 valence electrons. The standard InChI is InChI=1S/C23H24BrN3O2/c1-29-21-8-6-17(19-4-2-3-5-20(19)21)15-27-12-10-16(11-13-27)23(28)26-22-9-7-18(24)14-25-22/h2-9,14,16H,10-13,15H2,1H3,(H,25,26,28). The third-order valence-corrected chi connectivity index (χ3v) is 5.99. The van der Waals surface area contributed by atoms with Crippen molar-refractivity contribution < 1.29 is 9.53 Å². The zero-order chi connectivity index (χ0) is 20.2. The maximum absolute atomic E-state index is 12.6. The molecule has 1 amide bonds. The highest BCUT2D eigenvalue weighted by atomic mass is 79.9. The van der Waals surface area contributed by atoms with Crippen molar-refractivity contribution in [1.29, 1.82) is 0 Å². The van der Waals surface area contributed by atoms with Crippen LogP contribution in [0.2, 0.25) is 0 Å². The first-order valence-corrected chi connectivity index (χ1v) is 10.6. The molecule has 4 rings (SSSR count). The van der Waals surface area contributed by atoms with E-state index in [1.807, 2.05) is 24.3 Å². The number of nitrogens with one attached hydrogen (secondary N) is 1. The highest BCUT2D eigenvalue weighted by Crippen LogP contribution is 2.30. The lowest BCUT2D eigenvalue weighted by Gasteiger charge is -2.31. The Morgan fingerprint density at radius 3 is 2.59 bits per heavy atom. The van der Waals surface area contributed by atoms with Crippen LogP contribution < -0.4 is 10.1 Å². The number of hydrogen-bond donors (Lipinski definition) is 1. The molecule has 1 aliphatic heterocycles. The molecule has 1 saturated heterocycles. The first kappa shape index (κ1) is 19.9. The van der Waals surface area contributed by atoms with Crippen LogP contribution in [0.15, 0.2) is 59.2 Å². The molecule has 1 aromatic heterocycles. The summed E-state index contributed by atoms with van der Waals surface area (Å²) >= 11 is 3.36. The van der Waals surface area contributed by atoms with E-state index in [9.17, 15) is 4.79 Å². The number of methoxy groups -OCH3 is 1. The van der Waals surface area contributed by atoms with Crippen molar-refractivity contribution in [2.24, 2.45) is 5.92 Å². The van der Waals surface area contributed by atoms with Crippen molar-refractivity contribution >= 4 is 38.4 Å². The summed E-state index contributed by atoms with van der Waals surface area (Å²) in [4.78, 5) is 19.2. The summed E-state index contributed by atoms with van der Waals surface area (Å²) in [6.45, 7) is 2.70. The molecule has 0 radical (unpaired) electrons. The third-order valence-electron chi connectivity index (χ3n) is 5.53. The summed E-state index contributed by atoms with van der Waals surface area (Å²) in [5.74, 6) is 1.60. The van der Waals surface area contributed by atoms with Gasteiger partial charge in [-0.3, -0.25) is 9.69 Å². The van der Waals surface area contributed by atoms with Crippen LogP contribution in [-0.2, 0) is 11.3 Å². The van der Waals surface area contributed by atoms with Crippen LogP contribution in [0.4, 0.5) is 5.82 Å². The number of anilines is 1. The molecule has 6 heteroatoms. The molecule has 1 aliphatic rings. The topological polar surface area (TPSA) is 54.5 Å². The number of rotatable bonds is 5. The fourth-order valence-corrected chi connectivity index (χ4v) is 4.16. The maximum Gasteiger partial charge on any atom is 0.228 e. The molecule has 0 aliphatic carbocycles. The van der Waals surface area contributed by atoms with Gasteiger partial charge in [-0.25, -0.2) is 4.98 Å². The SMILES string of the molecule is COc1ccc(CN2CCC(C(=O)Nc3ccc(Br)cn3)CC2)c2ccccc12. The van der Waals surface area contributed by atoms with Crippen LogP contribution >= 0.6 is 15.9 Å². The summed E-state index contributed by atoms with van der Waals surface area (Å²) in [6, 6.07) is 16.2. The number of pyridine rings is 1. The molecule has 29 heavy (non-hydrogen) atoms. The Hall–Kier alpha value is -2.44. The number of ether oxygens (including phenoxy) is 1. The number of halogens is 1. The number of fused-ring (bicyclic) bond motifs is 1. The van der Waals surface area contributed by atoms with Crippen LogP contribution in [0.1, 0.15) is 18.4 Å². The number of amides is 1. The largest absolute Gasteiger partial charge is 0.496 e. The molecule has 0 unspecified atom stereocenters. The summed E-state index contributed by atoms with van der Waals surface area (Å²) in [7, 11) is 1.71. The second kappa shape index (κ2) is 8.93. The molecule has 1 fully saturated rings. The first-order chi connectivity index (χ1) is 14.1. The maximum atomic E-state index is 12.6. The zero-order valence-electron chi connectivity index (χ0n) is 16.4. The van der Waals surface area contributed by atoms with E-state index >= 15 is 0 Å². The zero-order valence-corrected chi connectivity index (χ0v) is 18.0. The number of aromatic nitrogens is 1. The molecule has 0 bridgehead atoms. The lowest BCUT2D eigenvalue weighted by molar-refractivity contribution is -0.121. The molecule has 2 aromatic carbocycles. The number of nitrogens with zero attached hydrogens (tertiary/aromatic N) is 2. The minimum Gasteiger partial charge on any atom is -0.496 e. The van der Waals surface area contributed by atoms with E-state index in [1.54, 1.807) is 13.3 Å². The monoisotopic (exact) mass is 453 g/mol. The molecule has 3 aromatic rings. The first-order valence-electron chi connectivity index (χ1n) is 9.83. The van der Waals surface area contributed by atoms with Crippen LogP contribution in [0.25, 0.3) is 10.8 Å². The smallest absolute Gasteiger partial charge is 0.228 e. The van der Waals surface area contributed by atoms with E-state index in [0.29, 0.717) is 5.82 Å². The Balaban J connectivity index is 1.37. The minimum absolute atomic E-state index is 0.0318. The van der Waals surface area contributed by atoms with Crippen LogP contribution in [0.3, 0.4) is 0 Å². The summed E-state index contributed by atoms with van der Waals surface area (Å²) < 4.78 is 6.40. The Morgan fingerprint density at radius 1 is 1.14 bits per heavy atom. The molecule has 0 spiro atoms. The number of benzene rings is 2. The van der Waals surface area contributed by atoms with E-state index in [1.165, 1.54) is 10.9 Å². The van der Waals surface area contributed by atoms with Crippen LogP contribution in [0, 0.1) is 5.92 Å². The summed E-state index contributed by atoms with van der Waals surface area (Å²) in [5, 5.41) is 5.31. The number of likely N-dealkylation sites (tertiary alicyclic amines) is 1. The van der Waals surface area contributed by atoms with Gasteiger partial charge in [-0.2, -0.15) is 0 Å². The second-order valence-corrected chi connectivity index (χ2v) is 8.29. The fraction of sp³-hybridized carbons (Fsp3) is 0.304. The predicted molar refractivity (Wildman–Crippen MR) is 119 cm³/mol. The average Bonchev–Trinajstić information content (AvgIpc) is 2.76. The van der Waals surface area contributed by atoms with Crippen LogP contribution in [-0.4, -0.2) is 36.0 Å². The molecule has 1 N–H and O–H groups in total. The van der Waals surface area contributed by atoms with Crippen molar-refractivity contribution in [3.63, 3.8) is 0 Å². The van der Waals surface area contributed by atoms with E-state index in [2.05, 4.69) is 55.4 Å². The van der Waals surface area contributed by atoms with Crippen molar-refractivity contribution in [3.8, 4) is 5.75 Å². The van der Waals surface area contributed by atoms with E-state index in [0.717, 1.165) is 48.1 Å². The van der Waals surface area contributed by atoms with Crippen molar-refractivity contribution in [1.82, 2.24) is 9.88 Å². The lowest BCUT2D eigenvalue weighted by Crippen LogP contribution is -2.37. The predicted octanol–water partition coefficient (Wildman–Crippen LogP) is 4.86. The minimum atomic E-state index is 0.0318. The Labute approximate surface area is 179 Å². The molecule has 2 heterocycles. The number of carbonyl (C=O) groups excluding carboxylic acids is 1. The Morgan fingerprint density at radius 2 is 1.90 bits per heavy atom. The van der Waals surface area contributed by atoms with E-state index < -0.39 is 0 Å². The van der Waals surface area contributed by atoms with Gasteiger partial charge in [0.1, 0.15) is 11.6 Å². The highest BCUT2D eigenvalue weighted by Gasteiger charge is 2.25. The number of hydrogen-bond acceptors (Lipinski definition) is 4. The molecule has 0 atom stereocenters. The summed E-state index contributed by atoms with van der Waals surface area (Å²) in [6.07, 6.45) is 3.41. The van der Waals surface area contributed by atoms with E-state index in [-0.39, 0.29) is 11.8 Å². The van der Waals surface area contributed by atoms with Gasteiger partial charge in [0.15, 0.2) is 0 Å². The van der Waals surface area contributed by atoms with Gasteiger partial charge in [0.25, 0.3) is 0 Å². The molecule has 0 saturated carbocycles. The normalized spacial score (nSPS) is 15.4. The average molecular weight is 454 g/mol. The van der Waals surface area contributed by atoms with Crippen molar-refractivity contribution in [2.75, 3.05) is 25.5 Å². The van der Waals surface area contributed by atoms with Gasteiger partial charge >= 0.3 is 0 Å². The van der Waals surface area contributed by atoms with Gasteiger partial charge in [-0.05, 0) is 71.0 Å². The Bertz CT molecular complexity index is 999. The van der Waals surface area contributed by atoms with Gasteiger partial charge < -0.3 is 10.1 Å². The second-order valence-electron chi connectivity index (χ2n) is 7.37. The quantitative estimate of drug-likeness (QED) is 0.599. The lowest BCUT2D eigenvalue weighted by atomic mass is 9.95. The van der Waals surface area contributed by atoms with Gasteiger partial charge in [0.05, 0.1) is 7.11 Å². The molecular formula is C23H24BrN3O2. The molecule has 5 nitrogen and oxygen atoms in total. The highest BCUT2D eigenvalue weighted by molar-refractivity contribution is 9.10. The van der Waals surface area contributed by atoms with Crippen molar-refractivity contribution in [2.45, 2.75) is 19.4 Å². The van der Waals surface area contributed by atoms with Gasteiger partial charge in [-0.1, -0.05) is 30.3 Å². The van der Waals surface area contributed by atoms with Gasteiger partial charge in [0.2, 0.25) is 5.91 Å².